The largest absolute Gasteiger partial charge is 0.383 e. The lowest BCUT2D eigenvalue weighted by atomic mass is 10.00. The first kappa shape index (κ1) is 26.2. The van der Waals surface area contributed by atoms with E-state index in [0.717, 1.165) is 54.2 Å². The predicted molar refractivity (Wildman–Crippen MR) is 154 cm³/mol. The Hall–Kier alpha value is -4.41. The summed E-state index contributed by atoms with van der Waals surface area (Å²) in [5.41, 5.74) is 3.92. The van der Waals surface area contributed by atoms with E-state index in [-0.39, 0.29) is 11.5 Å². The maximum atomic E-state index is 13.1. The summed E-state index contributed by atoms with van der Waals surface area (Å²) < 4.78 is 10.6. The molecule has 202 valence electrons. The van der Waals surface area contributed by atoms with E-state index in [9.17, 15) is 9.59 Å². The van der Waals surface area contributed by atoms with E-state index < -0.39 is 0 Å². The van der Waals surface area contributed by atoms with Crippen LogP contribution < -0.4 is 26.4 Å². The number of hydrogen-bond donors (Lipinski definition) is 4. The van der Waals surface area contributed by atoms with Gasteiger partial charge in [-0.25, -0.2) is 4.98 Å². The fraction of sp³-hybridized carbons (Fsp3) is 0.276. The highest BCUT2D eigenvalue weighted by Gasteiger charge is 2.16. The third-order valence-electron chi connectivity index (χ3n) is 6.69. The second kappa shape index (κ2) is 12.0. The van der Waals surface area contributed by atoms with Crippen LogP contribution in [0.15, 0.2) is 65.6 Å². The fourth-order valence-corrected chi connectivity index (χ4v) is 4.64. The first-order chi connectivity index (χ1) is 19.1. The van der Waals surface area contributed by atoms with Crippen LogP contribution in [0.4, 0.5) is 23.0 Å². The number of benzene rings is 2. The number of aromatic nitrogens is 2. The number of aromatic amines is 1. The highest BCUT2D eigenvalue weighted by molar-refractivity contribution is 6.03. The summed E-state index contributed by atoms with van der Waals surface area (Å²) in [4.78, 5) is 35.1. The Morgan fingerprint density at radius 1 is 1.10 bits per heavy atom. The van der Waals surface area contributed by atoms with Crippen molar-refractivity contribution in [2.45, 2.75) is 0 Å². The van der Waals surface area contributed by atoms with Crippen molar-refractivity contribution in [1.29, 1.82) is 0 Å². The Kier molecular flexibility index (Phi) is 8.04. The van der Waals surface area contributed by atoms with E-state index >= 15 is 0 Å². The molecule has 0 spiro atoms. The van der Waals surface area contributed by atoms with Crippen molar-refractivity contribution in [2.24, 2.45) is 0 Å². The number of nitrogens with zero attached hydrogens (tertiary/aromatic N) is 2. The molecule has 0 aliphatic carbocycles. The van der Waals surface area contributed by atoms with Gasteiger partial charge in [0.1, 0.15) is 11.6 Å². The van der Waals surface area contributed by atoms with Crippen LogP contribution in [0, 0.1) is 0 Å². The lowest BCUT2D eigenvalue weighted by Crippen LogP contribution is -2.36. The van der Waals surface area contributed by atoms with Gasteiger partial charge in [-0.15, -0.1) is 0 Å². The summed E-state index contributed by atoms with van der Waals surface area (Å²) in [7, 11) is 3.24. The van der Waals surface area contributed by atoms with Gasteiger partial charge in [0, 0.05) is 67.9 Å². The molecule has 5 rings (SSSR count). The number of nitrogens with one attached hydrogen (secondary N) is 4. The third kappa shape index (κ3) is 5.87. The number of H-pyrrole nitrogens is 1. The van der Waals surface area contributed by atoms with Gasteiger partial charge < -0.3 is 35.3 Å². The average Bonchev–Trinajstić information content (AvgIpc) is 2.98. The number of methoxy groups -OCH3 is 1. The zero-order valence-corrected chi connectivity index (χ0v) is 22.0. The number of hydrogen-bond acceptors (Lipinski definition) is 8. The molecule has 4 N–H and O–H groups in total. The van der Waals surface area contributed by atoms with Gasteiger partial charge in [-0.3, -0.25) is 9.59 Å². The maximum absolute atomic E-state index is 13.1. The van der Waals surface area contributed by atoms with Crippen LogP contribution in [-0.2, 0) is 9.47 Å². The fourth-order valence-electron chi connectivity index (χ4n) is 4.64. The van der Waals surface area contributed by atoms with Crippen LogP contribution in [-0.4, -0.2) is 69.5 Å². The number of pyridine rings is 2. The minimum absolute atomic E-state index is 0.159. The van der Waals surface area contributed by atoms with Crippen molar-refractivity contribution in [2.75, 3.05) is 69.1 Å². The summed E-state index contributed by atoms with van der Waals surface area (Å²) >= 11 is 0. The van der Waals surface area contributed by atoms with E-state index in [4.69, 9.17) is 14.5 Å². The number of fused-ring (bicyclic) bond motifs is 1. The number of morpholine rings is 1. The van der Waals surface area contributed by atoms with E-state index in [1.807, 2.05) is 30.3 Å². The van der Waals surface area contributed by atoms with Crippen molar-refractivity contribution in [1.82, 2.24) is 15.3 Å². The average molecular weight is 529 g/mol. The Balaban J connectivity index is 1.54. The molecular weight excluding hydrogens is 496 g/mol. The molecule has 0 unspecified atom stereocenters. The molecule has 0 atom stereocenters. The van der Waals surface area contributed by atoms with E-state index in [0.29, 0.717) is 35.7 Å². The van der Waals surface area contributed by atoms with Crippen LogP contribution in [0.1, 0.15) is 10.4 Å². The Morgan fingerprint density at radius 2 is 1.85 bits per heavy atom. The molecule has 1 aliphatic heterocycles. The summed E-state index contributed by atoms with van der Waals surface area (Å²) in [5.74, 6) is 0.894. The van der Waals surface area contributed by atoms with Gasteiger partial charge in [0.15, 0.2) is 0 Å². The minimum Gasteiger partial charge on any atom is -0.383 e. The molecule has 0 saturated carbocycles. The summed E-state index contributed by atoms with van der Waals surface area (Å²) in [5, 5.41) is 10.5. The van der Waals surface area contributed by atoms with Crippen molar-refractivity contribution in [3.8, 4) is 11.1 Å². The zero-order chi connectivity index (χ0) is 27.2. The molecule has 1 amide bonds. The van der Waals surface area contributed by atoms with E-state index in [2.05, 4.69) is 38.0 Å². The second-order valence-electron chi connectivity index (χ2n) is 9.16. The van der Waals surface area contributed by atoms with Crippen molar-refractivity contribution in [3.05, 3.63) is 76.7 Å². The Labute approximate surface area is 226 Å². The number of carbonyl (C=O) groups excluding carboxylic acids is 1. The molecule has 1 saturated heterocycles. The number of anilines is 4. The van der Waals surface area contributed by atoms with Crippen LogP contribution in [0.25, 0.3) is 21.9 Å². The molecule has 1 fully saturated rings. The molecule has 0 bridgehead atoms. The third-order valence-corrected chi connectivity index (χ3v) is 6.69. The van der Waals surface area contributed by atoms with Gasteiger partial charge in [-0.2, -0.15) is 0 Å². The standard InChI is InChI=1S/C29H32N6O4/c1-30-28(36)20-5-3-19(4-6-20)24-18-32-29(37)26-23(24)17-25(31-11-14-38-2)34-27(26)33-21-7-9-22(10-8-21)35-12-15-39-16-13-35/h3-10,17-18H,11-16H2,1-2H3,(H,30,36)(H,32,37)(H2,31,33,34). The van der Waals surface area contributed by atoms with E-state index in [1.165, 1.54) is 0 Å². The summed E-state index contributed by atoms with van der Waals surface area (Å²) in [6, 6.07) is 17.2. The van der Waals surface area contributed by atoms with Crippen molar-refractivity contribution < 1.29 is 14.3 Å². The molecule has 10 heteroatoms. The molecule has 1 aliphatic rings. The monoisotopic (exact) mass is 528 g/mol. The molecule has 0 radical (unpaired) electrons. The van der Waals surface area contributed by atoms with Gasteiger partial charge in [0.05, 0.1) is 25.2 Å². The van der Waals surface area contributed by atoms with Crippen LogP contribution in [0.2, 0.25) is 0 Å². The van der Waals surface area contributed by atoms with Gasteiger partial charge in [0.25, 0.3) is 11.5 Å². The first-order valence-corrected chi connectivity index (χ1v) is 12.9. The van der Waals surface area contributed by atoms with E-state index in [1.54, 1.807) is 32.5 Å². The SMILES string of the molecule is CNC(=O)c1ccc(-c2c[nH]c(=O)c3c(Nc4ccc(N5CCOCC5)cc4)nc(NCCOC)cc23)cc1. The number of amides is 1. The molecule has 39 heavy (non-hydrogen) atoms. The quantitative estimate of drug-likeness (QED) is 0.243. The molecule has 3 heterocycles. The van der Waals surface area contributed by atoms with Crippen LogP contribution in [0.3, 0.4) is 0 Å². The summed E-state index contributed by atoms with van der Waals surface area (Å²) in [6.45, 7) is 4.22. The highest BCUT2D eigenvalue weighted by Crippen LogP contribution is 2.33. The molecule has 2 aromatic carbocycles. The highest BCUT2D eigenvalue weighted by atomic mass is 16.5. The van der Waals surface area contributed by atoms with Crippen molar-refractivity contribution in [3.63, 3.8) is 0 Å². The maximum Gasteiger partial charge on any atom is 0.259 e. The Bertz CT molecular complexity index is 1500. The minimum atomic E-state index is -0.251. The lowest BCUT2D eigenvalue weighted by molar-refractivity contribution is 0.0963. The van der Waals surface area contributed by atoms with Crippen LogP contribution in [0.5, 0.6) is 0 Å². The smallest absolute Gasteiger partial charge is 0.259 e. The molecule has 4 aromatic rings. The molecular formula is C29H32N6O4. The predicted octanol–water partition coefficient (Wildman–Crippen LogP) is 3.59. The molecule has 10 nitrogen and oxygen atoms in total. The number of ether oxygens (including phenoxy) is 2. The zero-order valence-electron chi connectivity index (χ0n) is 22.0. The molecule has 2 aromatic heterocycles. The Morgan fingerprint density at radius 3 is 2.54 bits per heavy atom. The number of carbonyl (C=O) groups is 1. The first-order valence-electron chi connectivity index (χ1n) is 12.9. The number of rotatable bonds is 9. The summed E-state index contributed by atoms with van der Waals surface area (Å²) in [6.07, 6.45) is 1.69. The normalized spacial score (nSPS) is 13.3. The van der Waals surface area contributed by atoms with Gasteiger partial charge in [-0.05, 0) is 48.0 Å². The lowest BCUT2D eigenvalue weighted by Gasteiger charge is -2.29. The second-order valence-corrected chi connectivity index (χ2v) is 9.16. The van der Waals surface area contributed by atoms with Crippen molar-refractivity contribution >= 4 is 39.7 Å². The van der Waals surface area contributed by atoms with Gasteiger partial charge in [-0.1, -0.05) is 12.1 Å². The van der Waals surface area contributed by atoms with Gasteiger partial charge in [0.2, 0.25) is 0 Å². The topological polar surface area (TPSA) is 121 Å². The van der Waals surface area contributed by atoms with Crippen LogP contribution >= 0.6 is 0 Å². The van der Waals surface area contributed by atoms with Gasteiger partial charge >= 0.3 is 0 Å².